The molecule has 1 aliphatic carbocycles. The third-order valence-electron chi connectivity index (χ3n) is 5.69. The van der Waals surface area contributed by atoms with Crippen molar-refractivity contribution < 1.29 is 4.74 Å². The SMILES string of the molecule is C[C@H]1C[C@H](Sc2ccccc2)C2(CCC(c3ccccc3)CC2)O1. The lowest BCUT2D eigenvalue weighted by Gasteiger charge is -2.40. The topological polar surface area (TPSA) is 9.23 Å². The summed E-state index contributed by atoms with van der Waals surface area (Å²) >= 11 is 2.03. The van der Waals surface area contributed by atoms with Gasteiger partial charge in [0.2, 0.25) is 0 Å². The van der Waals surface area contributed by atoms with E-state index in [0.29, 0.717) is 17.3 Å². The van der Waals surface area contributed by atoms with Crippen molar-refractivity contribution in [1.29, 1.82) is 0 Å². The quantitative estimate of drug-likeness (QED) is 0.673. The molecule has 0 unspecified atom stereocenters. The predicted octanol–water partition coefficient (Wildman–Crippen LogP) is 6.05. The normalized spacial score (nSPS) is 33.0. The van der Waals surface area contributed by atoms with Gasteiger partial charge >= 0.3 is 0 Å². The van der Waals surface area contributed by atoms with Crippen molar-refractivity contribution in [2.75, 3.05) is 0 Å². The van der Waals surface area contributed by atoms with Crippen molar-refractivity contribution in [2.24, 2.45) is 0 Å². The summed E-state index contributed by atoms with van der Waals surface area (Å²) in [6.07, 6.45) is 6.46. The molecule has 0 aromatic heterocycles. The smallest absolute Gasteiger partial charge is 0.0809 e. The third kappa shape index (κ3) is 3.27. The Morgan fingerprint density at radius 2 is 1.54 bits per heavy atom. The zero-order valence-electron chi connectivity index (χ0n) is 14.4. The first kappa shape index (κ1) is 16.2. The molecule has 1 nitrogen and oxygen atoms in total. The predicted molar refractivity (Wildman–Crippen MR) is 102 cm³/mol. The number of hydrogen-bond donors (Lipinski definition) is 0. The molecule has 2 aromatic carbocycles. The Kier molecular flexibility index (Phi) is 4.69. The second-order valence-electron chi connectivity index (χ2n) is 7.33. The summed E-state index contributed by atoms with van der Waals surface area (Å²) < 4.78 is 6.54. The molecule has 1 saturated heterocycles. The van der Waals surface area contributed by atoms with Crippen molar-refractivity contribution in [3.05, 3.63) is 66.2 Å². The minimum Gasteiger partial charge on any atom is -0.371 e. The Morgan fingerprint density at radius 3 is 2.21 bits per heavy atom. The fourth-order valence-corrected chi connectivity index (χ4v) is 5.98. The molecule has 4 rings (SSSR count). The number of benzene rings is 2. The van der Waals surface area contributed by atoms with Crippen molar-refractivity contribution >= 4 is 11.8 Å². The van der Waals surface area contributed by atoms with Crippen LogP contribution in [0.3, 0.4) is 0 Å². The van der Waals surface area contributed by atoms with E-state index in [2.05, 4.69) is 67.6 Å². The van der Waals surface area contributed by atoms with Gasteiger partial charge in [-0.05, 0) is 62.6 Å². The minimum atomic E-state index is 0.0885. The van der Waals surface area contributed by atoms with E-state index in [1.807, 2.05) is 11.8 Å². The fourth-order valence-electron chi connectivity index (χ4n) is 4.46. The summed E-state index contributed by atoms with van der Waals surface area (Å²) in [5.74, 6) is 0.707. The van der Waals surface area contributed by atoms with Crippen LogP contribution in [-0.4, -0.2) is 17.0 Å². The average molecular weight is 339 g/mol. The molecule has 126 valence electrons. The van der Waals surface area contributed by atoms with Crippen LogP contribution >= 0.6 is 11.8 Å². The maximum absolute atomic E-state index is 6.54. The van der Waals surface area contributed by atoms with Gasteiger partial charge < -0.3 is 4.74 Å². The third-order valence-corrected chi connectivity index (χ3v) is 7.14. The zero-order valence-corrected chi connectivity index (χ0v) is 15.2. The van der Waals surface area contributed by atoms with Crippen LogP contribution in [0.4, 0.5) is 0 Å². The van der Waals surface area contributed by atoms with Gasteiger partial charge in [-0.25, -0.2) is 0 Å². The van der Waals surface area contributed by atoms with Crippen LogP contribution in [0.5, 0.6) is 0 Å². The molecule has 2 fully saturated rings. The Morgan fingerprint density at radius 1 is 0.917 bits per heavy atom. The summed E-state index contributed by atoms with van der Waals surface area (Å²) in [5, 5.41) is 0.589. The summed E-state index contributed by atoms with van der Waals surface area (Å²) in [4.78, 5) is 1.38. The molecule has 0 N–H and O–H groups in total. The lowest BCUT2D eigenvalue weighted by Crippen LogP contribution is -2.41. The van der Waals surface area contributed by atoms with Crippen molar-refractivity contribution in [3.63, 3.8) is 0 Å². The van der Waals surface area contributed by atoms with Crippen LogP contribution < -0.4 is 0 Å². The molecular weight excluding hydrogens is 312 g/mol. The lowest BCUT2D eigenvalue weighted by atomic mass is 9.75. The molecule has 2 aromatic rings. The van der Waals surface area contributed by atoms with E-state index in [4.69, 9.17) is 4.74 Å². The summed E-state index contributed by atoms with van der Waals surface area (Å²) in [7, 11) is 0. The molecule has 2 aliphatic rings. The van der Waals surface area contributed by atoms with E-state index in [9.17, 15) is 0 Å². The van der Waals surface area contributed by atoms with Crippen LogP contribution in [0.15, 0.2) is 65.6 Å². The molecule has 1 spiro atoms. The molecule has 2 atom stereocenters. The highest BCUT2D eigenvalue weighted by atomic mass is 32.2. The monoisotopic (exact) mass is 338 g/mol. The van der Waals surface area contributed by atoms with Gasteiger partial charge in [0.25, 0.3) is 0 Å². The van der Waals surface area contributed by atoms with Gasteiger partial charge in [-0.15, -0.1) is 11.8 Å². The summed E-state index contributed by atoms with van der Waals surface area (Å²) in [5.41, 5.74) is 1.59. The number of ether oxygens (including phenoxy) is 1. The highest BCUT2D eigenvalue weighted by Gasteiger charge is 2.49. The van der Waals surface area contributed by atoms with E-state index in [0.717, 1.165) is 0 Å². The van der Waals surface area contributed by atoms with Crippen molar-refractivity contribution in [3.8, 4) is 0 Å². The van der Waals surface area contributed by atoms with Gasteiger partial charge in [0.15, 0.2) is 0 Å². The van der Waals surface area contributed by atoms with Crippen LogP contribution in [0.2, 0.25) is 0 Å². The fraction of sp³-hybridized carbons (Fsp3) is 0.455. The molecule has 24 heavy (non-hydrogen) atoms. The molecule has 2 heteroatoms. The van der Waals surface area contributed by atoms with Gasteiger partial charge in [0.05, 0.1) is 11.7 Å². The maximum Gasteiger partial charge on any atom is 0.0809 e. The van der Waals surface area contributed by atoms with Gasteiger partial charge in [-0.3, -0.25) is 0 Å². The summed E-state index contributed by atoms with van der Waals surface area (Å²) in [6.45, 7) is 2.25. The van der Waals surface area contributed by atoms with Gasteiger partial charge in [-0.1, -0.05) is 48.5 Å². The van der Waals surface area contributed by atoms with E-state index in [1.54, 1.807) is 0 Å². The Hall–Kier alpha value is -1.25. The summed E-state index contributed by atoms with van der Waals surface area (Å²) in [6, 6.07) is 21.9. The largest absolute Gasteiger partial charge is 0.371 e. The Bertz CT molecular complexity index is 646. The first-order valence-electron chi connectivity index (χ1n) is 9.20. The first-order chi connectivity index (χ1) is 11.8. The van der Waals surface area contributed by atoms with Crippen LogP contribution in [0.25, 0.3) is 0 Å². The van der Waals surface area contributed by atoms with Crippen LogP contribution in [-0.2, 0) is 4.74 Å². The standard InChI is InChI=1S/C22H26OS/c1-17-16-21(24-20-10-6-3-7-11-20)22(23-17)14-12-19(13-15-22)18-8-4-2-5-9-18/h2-11,17,19,21H,12-16H2,1H3/t17-,19?,21-,22?/m0/s1. The molecule has 1 aliphatic heterocycles. The van der Waals surface area contributed by atoms with E-state index in [1.165, 1.54) is 42.6 Å². The number of thioether (sulfide) groups is 1. The molecule has 1 heterocycles. The van der Waals surface area contributed by atoms with Gasteiger partial charge in [0, 0.05) is 10.1 Å². The first-order valence-corrected chi connectivity index (χ1v) is 10.1. The molecule has 1 saturated carbocycles. The van der Waals surface area contributed by atoms with Gasteiger partial charge in [0.1, 0.15) is 0 Å². The van der Waals surface area contributed by atoms with E-state index >= 15 is 0 Å². The Balaban J connectivity index is 1.47. The second-order valence-corrected chi connectivity index (χ2v) is 8.61. The van der Waals surface area contributed by atoms with E-state index < -0.39 is 0 Å². The average Bonchev–Trinajstić information content (AvgIpc) is 2.92. The molecule has 0 radical (unpaired) electrons. The number of hydrogen-bond acceptors (Lipinski definition) is 2. The molecular formula is C22H26OS. The molecule has 0 amide bonds. The highest BCUT2D eigenvalue weighted by molar-refractivity contribution is 8.00. The molecule has 0 bridgehead atoms. The van der Waals surface area contributed by atoms with E-state index in [-0.39, 0.29) is 5.60 Å². The second kappa shape index (κ2) is 6.93. The minimum absolute atomic E-state index is 0.0885. The lowest BCUT2D eigenvalue weighted by molar-refractivity contribution is -0.0578. The van der Waals surface area contributed by atoms with Crippen molar-refractivity contribution in [1.82, 2.24) is 0 Å². The maximum atomic E-state index is 6.54. The van der Waals surface area contributed by atoms with Crippen LogP contribution in [0.1, 0.15) is 50.5 Å². The van der Waals surface area contributed by atoms with Gasteiger partial charge in [-0.2, -0.15) is 0 Å². The zero-order chi connectivity index (χ0) is 16.4. The Labute approximate surface area is 149 Å². The number of rotatable bonds is 3. The van der Waals surface area contributed by atoms with Crippen LogP contribution in [0, 0.1) is 0 Å². The highest BCUT2D eigenvalue weighted by Crippen LogP contribution is 2.51. The van der Waals surface area contributed by atoms with Crippen molar-refractivity contribution in [2.45, 2.75) is 66.8 Å².